The van der Waals surface area contributed by atoms with Crippen molar-refractivity contribution in [1.29, 1.82) is 0 Å². The fourth-order valence-corrected chi connectivity index (χ4v) is 2.30. The van der Waals surface area contributed by atoms with Crippen LogP contribution < -0.4 is 0 Å². The maximum absolute atomic E-state index is 5.11. The summed E-state index contributed by atoms with van der Waals surface area (Å²) in [5.74, 6) is 0. The molecule has 0 aliphatic carbocycles. The molecule has 0 atom stereocenters. The summed E-state index contributed by atoms with van der Waals surface area (Å²) in [7, 11) is 0. The first-order valence-corrected chi connectivity index (χ1v) is 4.49. The van der Waals surface area contributed by atoms with Gasteiger partial charge in [0, 0.05) is 5.39 Å². The fourth-order valence-electron chi connectivity index (χ4n) is 1.02. The zero-order valence-electron chi connectivity index (χ0n) is 5.92. The third-order valence-electron chi connectivity index (χ3n) is 1.56. The predicted molar refractivity (Wildman–Crippen MR) is 49.5 cm³/mol. The molecule has 0 amide bonds. The minimum Gasteiger partial charge on any atom is -0.337 e. The van der Waals surface area contributed by atoms with E-state index in [1.807, 2.05) is 6.92 Å². The van der Waals surface area contributed by atoms with E-state index >= 15 is 0 Å². The van der Waals surface area contributed by atoms with Crippen molar-refractivity contribution in [3.8, 4) is 0 Å². The number of aromatic nitrogens is 2. The molecule has 0 aliphatic heterocycles. The van der Waals surface area contributed by atoms with Crippen LogP contribution in [0.1, 0.15) is 5.56 Å². The third kappa shape index (κ3) is 0.985. The Bertz CT molecular complexity index is 441. The summed E-state index contributed by atoms with van der Waals surface area (Å²) in [5, 5.41) is 3.16. The first-order valence-electron chi connectivity index (χ1n) is 3.20. The van der Waals surface area contributed by atoms with Crippen molar-refractivity contribution >= 4 is 33.8 Å². The Morgan fingerprint density at radius 2 is 2.45 bits per heavy atom. The number of nitrogens with one attached hydrogen (secondary N) is 1. The second-order valence-corrected chi connectivity index (χ2v) is 3.60. The van der Waals surface area contributed by atoms with Gasteiger partial charge in [0.25, 0.3) is 0 Å². The molecule has 2 heterocycles. The summed E-state index contributed by atoms with van der Waals surface area (Å²) < 4.78 is 0.786. The summed E-state index contributed by atoms with van der Waals surface area (Å²) in [6.07, 6.45) is 1.64. The van der Waals surface area contributed by atoms with Crippen LogP contribution in [-0.2, 0) is 0 Å². The molecule has 11 heavy (non-hydrogen) atoms. The highest BCUT2D eigenvalue weighted by atomic mass is 32.1. The van der Waals surface area contributed by atoms with Gasteiger partial charge in [-0.2, -0.15) is 0 Å². The Balaban J connectivity index is 3.08. The van der Waals surface area contributed by atoms with Gasteiger partial charge in [-0.25, -0.2) is 4.98 Å². The van der Waals surface area contributed by atoms with E-state index in [4.69, 9.17) is 12.2 Å². The summed E-state index contributed by atoms with van der Waals surface area (Å²) in [4.78, 5) is 8.09. The normalized spacial score (nSPS) is 10.6. The van der Waals surface area contributed by atoms with Gasteiger partial charge in [-0.1, -0.05) is 12.2 Å². The van der Waals surface area contributed by atoms with Crippen molar-refractivity contribution < 1.29 is 0 Å². The number of H-pyrrole nitrogens is 1. The average molecular weight is 182 g/mol. The third-order valence-corrected chi connectivity index (χ3v) is 2.89. The summed E-state index contributed by atoms with van der Waals surface area (Å²) in [6.45, 7) is 2.05. The van der Waals surface area contributed by atoms with Crippen LogP contribution in [0.5, 0.6) is 0 Å². The molecule has 2 aromatic rings. The van der Waals surface area contributed by atoms with Crippen LogP contribution in [0.4, 0.5) is 0 Å². The molecule has 2 aromatic heterocycles. The lowest BCUT2D eigenvalue weighted by atomic mass is 10.3. The molecule has 0 saturated carbocycles. The first-order chi connectivity index (χ1) is 5.29. The Morgan fingerprint density at radius 3 is 3.18 bits per heavy atom. The maximum atomic E-state index is 5.11. The number of fused-ring (bicyclic) bond motifs is 1. The van der Waals surface area contributed by atoms with Gasteiger partial charge in [-0.05, 0) is 17.9 Å². The number of aryl methyl sites for hydroxylation is 1. The Morgan fingerprint density at radius 1 is 1.64 bits per heavy atom. The predicted octanol–water partition coefficient (Wildman–Crippen LogP) is 2.66. The molecular formula is C7H6N2S2. The van der Waals surface area contributed by atoms with Gasteiger partial charge in [-0.3, -0.25) is 0 Å². The standard InChI is InChI=1S/C7H6N2S2/c1-4-2-11-7-5(4)6(10)8-3-9-7/h2-3H,1H3,(H,8,9,10). The van der Waals surface area contributed by atoms with Crippen LogP contribution in [0.15, 0.2) is 11.7 Å². The van der Waals surface area contributed by atoms with Gasteiger partial charge >= 0.3 is 0 Å². The van der Waals surface area contributed by atoms with Gasteiger partial charge in [0.1, 0.15) is 9.47 Å². The number of nitrogens with zero attached hydrogens (tertiary/aromatic N) is 1. The molecule has 56 valence electrons. The maximum Gasteiger partial charge on any atom is 0.128 e. The topological polar surface area (TPSA) is 28.7 Å². The molecule has 0 aromatic carbocycles. The van der Waals surface area contributed by atoms with Crippen molar-refractivity contribution in [3.63, 3.8) is 0 Å². The van der Waals surface area contributed by atoms with E-state index in [9.17, 15) is 0 Å². The molecule has 0 bridgehead atoms. The molecule has 0 unspecified atom stereocenters. The highest BCUT2D eigenvalue weighted by Crippen LogP contribution is 2.22. The van der Waals surface area contributed by atoms with Gasteiger partial charge < -0.3 is 4.98 Å². The quantitative estimate of drug-likeness (QED) is 0.634. The van der Waals surface area contributed by atoms with E-state index in [1.54, 1.807) is 17.7 Å². The molecule has 0 fully saturated rings. The summed E-state index contributed by atoms with van der Waals surface area (Å²) in [5.41, 5.74) is 1.21. The van der Waals surface area contributed by atoms with Crippen LogP contribution >= 0.6 is 23.6 Å². The molecule has 2 rings (SSSR count). The van der Waals surface area contributed by atoms with E-state index in [0.29, 0.717) is 0 Å². The lowest BCUT2D eigenvalue weighted by Gasteiger charge is -1.88. The highest BCUT2D eigenvalue weighted by Gasteiger charge is 2.00. The molecule has 0 spiro atoms. The van der Waals surface area contributed by atoms with E-state index in [1.165, 1.54) is 5.56 Å². The Kier molecular flexibility index (Phi) is 1.51. The SMILES string of the molecule is Cc1csc2nc[nH]c(=S)c12. The number of hydrogen-bond acceptors (Lipinski definition) is 3. The van der Waals surface area contributed by atoms with Crippen molar-refractivity contribution in [2.75, 3.05) is 0 Å². The van der Waals surface area contributed by atoms with E-state index < -0.39 is 0 Å². The van der Waals surface area contributed by atoms with Crippen molar-refractivity contribution in [3.05, 3.63) is 21.9 Å². The molecule has 0 aliphatic rings. The zero-order chi connectivity index (χ0) is 7.84. The molecule has 0 radical (unpaired) electrons. The lowest BCUT2D eigenvalue weighted by Crippen LogP contribution is -1.78. The highest BCUT2D eigenvalue weighted by molar-refractivity contribution is 7.71. The van der Waals surface area contributed by atoms with Gasteiger partial charge in [0.05, 0.1) is 6.33 Å². The van der Waals surface area contributed by atoms with Crippen LogP contribution in [0.3, 0.4) is 0 Å². The van der Waals surface area contributed by atoms with Crippen molar-refractivity contribution in [2.24, 2.45) is 0 Å². The number of hydrogen-bond donors (Lipinski definition) is 1. The second kappa shape index (κ2) is 2.39. The van der Waals surface area contributed by atoms with E-state index in [0.717, 1.165) is 14.9 Å². The monoisotopic (exact) mass is 182 g/mol. The van der Waals surface area contributed by atoms with Crippen LogP contribution in [-0.4, -0.2) is 9.97 Å². The molecule has 4 heteroatoms. The van der Waals surface area contributed by atoms with Crippen LogP contribution in [0.2, 0.25) is 0 Å². The molecule has 1 N–H and O–H groups in total. The number of thiophene rings is 1. The summed E-state index contributed by atoms with van der Waals surface area (Å²) in [6, 6.07) is 0. The Labute approximate surface area is 72.9 Å². The van der Waals surface area contributed by atoms with Gasteiger partial charge in [0.15, 0.2) is 0 Å². The largest absolute Gasteiger partial charge is 0.337 e. The molecular weight excluding hydrogens is 176 g/mol. The lowest BCUT2D eigenvalue weighted by molar-refractivity contribution is 1.21. The first kappa shape index (κ1) is 6.94. The van der Waals surface area contributed by atoms with Crippen LogP contribution in [0, 0.1) is 11.6 Å². The van der Waals surface area contributed by atoms with Crippen molar-refractivity contribution in [2.45, 2.75) is 6.92 Å². The molecule has 2 nitrogen and oxygen atoms in total. The average Bonchev–Trinajstić information content (AvgIpc) is 2.34. The second-order valence-electron chi connectivity index (χ2n) is 2.33. The minimum atomic E-state index is 0.786. The zero-order valence-corrected chi connectivity index (χ0v) is 7.55. The fraction of sp³-hybridized carbons (Fsp3) is 0.143. The minimum absolute atomic E-state index is 0.786. The van der Waals surface area contributed by atoms with Gasteiger partial charge in [-0.15, -0.1) is 11.3 Å². The molecule has 0 saturated heterocycles. The van der Waals surface area contributed by atoms with Crippen LogP contribution in [0.25, 0.3) is 10.2 Å². The van der Waals surface area contributed by atoms with E-state index in [2.05, 4.69) is 15.3 Å². The Hall–Kier alpha value is -0.740. The number of rotatable bonds is 0. The van der Waals surface area contributed by atoms with Gasteiger partial charge in [0.2, 0.25) is 0 Å². The smallest absolute Gasteiger partial charge is 0.128 e. The number of aromatic amines is 1. The summed E-state index contributed by atoms with van der Waals surface area (Å²) >= 11 is 6.74. The van der Waals surface area contributed by atoms with Crippen molar-refractivity contribution in [1.82, 2.24) is 9.97 Å². The van der Waals surface area contributed by atoms with E-state index in [-0.39, 0.29) is 0 Å².